The molecule has 0 saturated carbocycles. The predicted octanol–water partition coefficient (Wildman–Crippen LogP) is 2.67. The summed E-state index contributed by atoms with van der Waals surface area (Å²) in [6, 6.07) is 6.35. The van der Waals surface area contributed by atoms with Gasteiger partial charge in [-0.1, -0.05) is 23.7 Å². The Morgan fingerprint density at radius 1 is 1.40 bits per heavy atom. The third-order valence-corrected chi connectivity index (χ3v) is 5.28. The summed E-state index contributed by atoms with van der Waals surface area (Å²) in [6.07, 6.45) is 1.62. The first-order valence-corrected chi connectivity index (χ1v) is 8.38. The van der Waals surface area contributed by atoms with Crippen LogP contribution in [-0.2, 0) is 7.05 Å². The third-order valence-electron chi connectivity index (χ3n) is 5.00. The van der Waals surface area contributed by atoms with Gasteiger partial charge in [0.1, 0.15) is 5.82 Å². The smallest absolute Gasteiger partial charge is 0.276 e. The molecule has 25 heavy (non-hydrogen) atoms. The molecule has 3 atom stereocenters. The highest BCUT2D eigenvalue weighted by molar-refractivity contribution is 6.33. The SMILES string of the molecule is Cl.Cn1cc(Cl)c(C(=O)N2C[C@@H]3CNC[C@@H]3[C@H]2c2cccc(F)c2)n1. The number of benzene rings is 1. The van der Waals surface area contributed by atoms with Gasteiger partial charge in [0.05, 0.1) is 11.1 Å². The minimum atomic E-state index is -0.287. The van der Waals surface area contributed by atoms with E-state index in [0.29, 0.717) is 17.5 Å². The summed E-state index contributed by atoms with van der Waals surface area (Å²) < 4.78 is 15.3. The second-order valence-electron chi connectivity index (χ2n) is 6.54. The van der Waals surface area contributed by atoms with Crippen molar-refractivity contribution in [2.24, 2.45) is 18.9 Å². The largest absolute Gasteiger partial charge is 0.329 e. The van der Waals surface area contributed by atoms with Gasteiger partial charge in [0.15, 0.2) is 5.69 Å². The fourth-order valence-electron chi connectivity index (χ4n) is 3.99. The van der Waals surface area contributed by atoms with Gasteiger partial charge in [-0.3, -0.25) is 9.48 Å². The number of halogens is 3. The van der Waals surface area contributed by atoms with Crippen LogP contribution < -0.4 is 5.32 Å². The highest BCUT2D eigenvalue weighted by Crippen LogP contribution is 2.43. The number of carbonyl (C=O) groups is 1. The van der Waals surface area contributed by atoms with E-state index < -0.39 is 0 Å². The average Bonchev–Trinajstić information content (AvgIpc) is 3.20. The fourth-order valence-corrected chi connectivity index (χ4v) is 4.25. The number of fused-ring (bicyclic) bond motifs is 1. The molecule has 5 nitrogen and oxygen atoms in total. The molecule has 2 aliphatic rings. The number of aryl methyl sites for hydroxylation is 1. The summed E-state index contributed by atoms with van der Waals surface area (Å²) in [4.78, 5) is 14.8. The molecule has 0 bridgehead atoms. The van der Waals surface area contributed by atoms with Crippen molar-refractivity contribution in [2.45, 2.75) is 6.04 Å². The quantitative estimate of drug-likeness (QED) is 0.865. The van der Waals surface area contributed by atoms with Crippen molar-refractivity contribution in [1.82, 2.24) is 20.0 Å². The monoisotopic (exact) mass is 384 g/mol. The second-order valence-corrected chi connectivity index (χ2v) is 6.95. The van der Waals surface area contributed by atoms with Gasteiger partial charge in [-0.15, -0.1) is 12.4 Å². The Balaban J connectivity index is 0.00000182. The first-order chi connectivity index (χ1) is 11.5. The molecule has 0 radical (unpaired) electrons. The van der Waals surface area contributed by atoms with E-state index >= 15 is 0 Å². The number of likely N-dealkylation sites (tertiary alicyclic amines) is 1. The lowest BCUT2D eigenvalue weighted by molar-refractivity contribution is 0.0707. The van der Waals surface area contributed by atoms with E-state index in [2.05, 4.69) is 10.4 Å². The van der Waals surface area contributed by atoms with E-state index in [1.165, 1.54) is 16.8 Å². The first kappa shape index (κ1) is 18.2. The van der Waals surface area contributed by atoms with Crippen LogP contribution in [-0.4, -0.2) is 40.2 Å². The Hall–Kier alpha value is -1.63. The van der Waals surface area contributed by atoms with Gasteiger partial charge in [-0.05, 0) is 23.6 Å². The summed E-state index contributed by atoms with van der Waals surface area (Å²) in [6.45, 7) is 2.33. The van der Waals surface area contributed by atoms with Crippen LogP contribution in [0.15, 0.2) is 30.5 Å². The highest BCUT2D eigenvalue weighted by atomic mass is 35.5. The molecule has 0 unspecified atom stereocenters. The zero-order valence-electron chi connectivity index (χ0n) is 13.7. The Labute approximate surface area is 156 Å². The average molecular weight is 385 g/mol. The maximum absolute atomic E-state index is 13.7. The van der Waals surface area contributed by atoms with Gasteiger partial charge in [-0.25, -0.2) is 4.39 Å². The van der Waals surface area contributed by atoms with E-state index in [0.717, 1.165) is 18.7 Å². The van der Waals surface area contributed by atoms with Crippen molar-refractivity contribution in [3.63, 3.8) is 0 Å². The molecule has 1 aromatic heterocycles. The Morgan fingerprint density at radius 3 is 2.88 bits per heavy atom. The second kappa shape index (κ2) is 6.94. The third kappa shape index (κ3) is 3.14. The van der Waals surface area contributed by atoms with E-state index in [9.17, 15) is 9.18 Å². The van der Waals surface area contributed by atoms with Crippen LogP contribution in [0.5, 0.6) is 0 Å². The predicted molar refractivity (Wildman–Crippen MR) is 95.5 cm³/mol. The number of rotatable bonds is 2. The zero-order chi connectivity index (χ0) is 16.8. The van der Waals surface area contributed by atoms with Crippen LogP contribution in [0.3, 0.4) is 0 Å². The maximum Gasteiger partial charge on any atom is 0.276 e. The van der Waals surface area contributed by atoms with Gasteiger partial charge in [-0.2, -0.15) is 5.10 Å². The van der Waals surface area contributed by atoms with Gasteiger partial charge in [0.25, 0.3) is 5.91 Å². The molecule has 0 spiro atoms. The van der Waals surface area contributed by atoms with Gasteiger partial charge < -0.3 is 10.2 Å². The number of aromatic nitrogens is 2. The first-order valence-electron chi connectivity index (χ1n) is 8.01. The van der Waals surface area contributed by atoms with E-state index in [4.69, 9.17) is 11.6 Å². The number of hydrogen-bond donors (Lipinski definition) is 1. The topological polar surface area (TPSA) is 50.2 Å². The zero-order valence-corrected chi connectivity index (χ0v) is 15.2. The van der Waals surface area contributed by atoms with Crippen molar-refractivity contribution in [3.05, 3.63) is 52.6 Å². The van der Waals surface area contributed by atoms with Crippen LogP contribution in [0.25, 0.3) is 0 Å². The molecular weight excluding hydrogens is 366 g/mol. The lowest BCUT2D eigenvalue weighted by atomic mass is 9.89. The summed E-state index contributed by atoms with van der Waals surface area (Å²) in [7, 11) is 1.73. The van der Waals surface area contributed by atoms with Crippen molar-refractivity contribution < 1.29 is 9.18 Å². The highest BCUT2D eigenvalue weighted by Gasteiger charge is 2.47. The van der Waals surface area contributed by atoms with Gasteiger partial charge in [0, 0.05) is 38.8 Å². The number of hydrogen-bond acceptors (Lipinski definition) is 3. The molecule has 1 amide bonds. The molecule has 2 saturated heterocycles. The standard InChI is InChI=1S/C17H18ClFN4O.ClH/c1-22-9-14(18)15(21-22)17(24)23-8-11-6-20-7-13(11)16(23)10-3-2-4-12(19)5-10;/h2-5,9,11,13,16,20H,6-8H2,1H3;1H/t11-,13-,16+;/m0./s1. The Morgan fingerprint density at radius 2 is 2.20 bits per heavy atom. The minimum absolute atomic E-state index is 0. The Kier molecular flexibility index (Phi) is 5.04. The lowest BCUT2D eigenvalue weighted by Crippen LogP contribution is -2.35. The molecule has 3 heterocycles. The number of nitrogens with one attached hydrogen (secondary N) is 1. The molecule has 4 rings (SSSR count). The molecule has 1 N–H and O–H groups in total. The van der Waals surface area contributed by atoms with Crippen molar-refractivity contribution in [1.29, 1.82) is 0 Å². The van der Waals surface area contributed by atoms with Crippen LogP contribution in [0.4, 0.5) is 4.39 Å². The van der Waals surface area contributed by atoms with Crippen LogP contribution >= 0.6 is 24.0 Å². The van der Waals surface area contributed by atoms with Gasteiger partial charge in [0.2, 0.25) is 0 Å². The van der Waals surface area contributed by atoms with Crippen LogP contribution in [0.2, 0.25) is 5.02 Å². The van der Waals surface area contributed by atoms with Crippen molar-refractivity contribution in [2.75, 3.05) is 19.6 Å². The molecule has 8 heteroatoms. The fraction of sp³-hybridized carbons (Fsp3) is 0.412. The number of nitrogens with zero attached hydrogens (tertiary/aromatic N) is 3. The molecule has 134 valence electrons. The van der Waals surface area contributed by atoms with Gasteiger partial charge >= 0.3 is 0 Å². The van der Waals surface area contributed by atoms with E-state index in [-0.39, 0.29) is 41.8 Å². The summed E-state index contributed by atoms with van der Waals surface area (Å²) >= 11 is 6.15. The molecular formula is C17H19Cl2FN4O. The van der Waals surface area contributed by atoms with Crippen LogP contribution in [0.1, 0.15) is 22.1 Å². The number of amides is 1. The Bertz CT molecular complexity index is 797. The normalized spacial score (nSPS) is 24.9. The molecule has 2 aliphatic heterocycles. The lowest BCUT2D eigenvalue weighted by Gasteiger charge is -2.28. The summed E-state index contributed by atoms with van der Waals surface area (Å²) in [5.41, 5.74) is 1.08. The van der Waals surface area contributed by atoms with Crippen molar-refractivity contribution >= 4 is 29.9 Å². The molecule has 2 fully saturated rings. The van der Waals surface area contributed by atoms with E-state index in [1.807, 2.05) is 6.07 Å². The number of carbonyl (C=O) groups excluding carboxylic acids is 1. The summed E-state index contributed by atoms with van der Waals surface area (Å²) in [5, 5.41) is 7.92. The van der Waals surface area contributed by atoms with Crippen molar-refractivity contribution in [3.8, 4) is 0 Å². The molecule has 0 aliphatic carbocycles. The minimum Gasteiger partial charge on any atom is -0.329 e. The van der Waals surface area contributed by atoms with Crippen LogP contribution in [0, 0.1) is 17.7 Å². The maximum atomic E-state index is 13.7. The molecule has 1 aromatic carbocycles. The summed E-state index contributed by atoms with van der Waals surface area (Å²) in [5.74, 6) is 0.164. The molecule has 2 aromatic rings. The van der Waals surface area contributed by atoms with E-state index in [1.54, 1.807) is 24.2 Å².